The number of nitrogens with two attached hydrogens (primary N) is 1. The van der Waals surface area contributed by atoms with E-state index in [2.05, 4.69) is 24.7 Å². The van der Waals surface area contributed by atoms with Crippen molar-refractivity contribution in [1.29, 1.82) is 0 Å². The molecule has 0 aliphatic carbocycles. The van der Waals surface area contributed by atoms with Crippen molar-refractivity contribution in [3.05, 3.63) is 0 Å². The van der Waals surface area contributed by atoms with Crippen LogP contribution in [0.15, 0.2) is 0 Å². The molecule has 1 atom stereocenters. The van der Waals surface area contributed by atoms with Gasteiger partial charge < -0.3 is 5.73 Å². The maximum Gasteiger partial charge on any atom is 0.0601 e. The van der Waals surface area contributed by atoms with Gasteiger partial charge in [-0.1, -0.05) is 12.8 Å². The molecule has 0 rings (SSSR count). The van der Waals surface area contributed by atoms with Gasteiger partial charge in [-0.2, -0.15) is 0 Å². The van der Waals surface area contributed by atoms with Gasteiger partial charge in [-0.25, -0.2) is 0 Å². The van der Waals surface area contributed by atoms with Crippen LogP contribution in [0.2, 0.25) is 0 Å². The third-order valence-electron chi connectivity index (χ3n) is 1.67. The lowest BCUT2D eigenvalue weighted by Gasteiger charge is -2.23. The first-order chi connectivity index (χ1) is 4.76. The Hall–Kier alpha value is -0.520. The van der Waals surface area contributed by atoms with Crippen LogP contribution < -0.4 is 5.73 Å². The summed E-state index contributed by atoms with van der Waals surface area (Å²) in [5.41, 5.74) is 5.47. The summed E-state index contributed by atoms with van der Waals surface area (Å²) in [5.74, 6) is 2.60. The lowest BCUT2D eigenvalue weighted by molar-refractivity contribution is 0.253. The van der Waals surface area contributed by atoms with Gasteiger partial charge in [0.25, 0.3) is 0 Å². The normalized spacial score (nSPS) is 13.1. The Labute approximate surface area is 63.4 Å². The van der Waals surface area contributed by atoms with Crippen LogP contribution in [0.1, 0.15) is 13.8 Å². The molecule has 0 aliphatic rings. The maximum atomic E-state index is 5.47. The summed E-state index contributed by atoms with van der Waals surface area (Å²) in [6.45, 7) is 6.53. The molecule has 2 heteroatoms. The quantitative estimate of drug-likeness (QED) is 0.569. The van der Waals surface area contributed by atoms with Crippen molar-refractivity contribution in [2.75, 3.05) is 19.6 Å². The predicted octanol–water partition coefficient (Wildman–Crippen LogP) is 0.289. The van der Waals surface area contributed by atoms with E-state index in [4.69, 9.17) is 12.2 Å². The molecule has 0 heterocycles. The Kier molecular flexibility index (Phi) is 5.00. The summed E-state index contributed by atoms with van der Waals surface area (Å²) >= 11 is 0. The Morgan fingerprint density at radius 2 is 2.30 bits per heavy atom. The topological polar surface area (TPSA) is 29.3 Å². The monoisotopic (exact) mass is 140 g/mol. The Morgan fingerprint density at radius 1 is 1.70 bits per heavy atom. The summed E-state index contributed by atoms with van der Waals surface area (Å²) in [4.78, 5) is 2.17. The lowest BCUT2D eigenvalue weighted by Crippen LogP contribution is -2.38. The van der Waals surface area contributed by atoms with Crippen molar-refractivity contribution in [3.63, 3.8) is 0 Å². The zero-order chi connectivity index (χ0) is 7.98. The number of terminal acetylenes is 1. The van der Waals surface area contributed by atoms with E-state index in [1.807, 2.05) is 0 Å². The highest BCUT2D eigenvalue weighted by molar-refractivity contribution is 4.89. The Balaban J connectivity index is 3.70. The molecular weight excluding hydrogens is 124 g/mol. The van der Waals surface area contributed by atoms with Crippen LogP contribution in [0.3, 0.4) is 0 Å². The summed E-state index contributed by atoms with van der Waals surface area (Å²) in [5, 5.41) is 0. The minimum absolute atomic E-state index is 0.404. The SMILES string of the molecule is C#CCN(CC)C(C)CN. The average molecular weight is 140 g/mol. The molecule has 0 radical (unpaired) electrons. The molecule has 0 aromatic heterocycles. The second-order valence-electron chi connectivity index (χ2n) is 2.35. The van der Waals surface area contributed by atoms with Crippen LogP contribution in [-0.2, 0) is 0 Å². The van der Waals surface area contributed by atoms with E-state index in [0.717, 1.165) is 6.54 Å². The van der Waals surface area contributed by atoms with Gasteiger partial charge in [-0.15, -0.1) is 6.42 Å². The highest BCUT2D eigenvalue weighted by atomic mass is 15.1. The van der Waals surface area contributed by atoms with Gasteiger partial charge in [-0.3, -0.25) is 4.90 Å². The first-order valence-corrected chi connectivity index (χ1v) is 3.63. The van der Waals surface area contributed by atoms with Gasteiger partial charge in [0.1, 0.15) is 0 Å². The van der Waals surface area contributed by atoms with Crippen molar-refractivity contribution in [3.8, 4) is 12.3 Å². The molecule has 2 N–H and O–H groups in total. The molecule has 10 heavy (non-hydrogen) atoms. The fourth-order valence-corrected chi connectivity index (χ4v) is 0.846. The molecule has 0 aromatic carbocycles. The summed E-state index contributed by atoms with van der Waals surface area (Å²) in [6.07, 6.45) is 5.16. The molecule has 0 fully saturated rings. The van der Waals surface area contributed by atoms with Crippen LogP contribution in [0.4, 0.5) is 0 Å². The molecule has 0 aliphatic heterocycles. The molecule has 0 aromatic rings. The molecule has 2 nitrogen and oxygen atoms in total. The maximum absolute atomic E-state index is 5.47. The van der Waals surface area contributed by atoms with Crippen molar-refractivity contribution in [2.45, 2.75) is 19.9 Å². The van der Waals surface area contributed by atoms with Crippen molar-refractivity contribution in [1.82, 2.24) is 4.90 Å². The van der Waals surface area contributed by atoms with E-state index >= 15 is 0 Å². The molecule has 0 spiro atoms. The van der Waals surface area contributed by atoms with Gasteiger partial charge >= 0.3 is 0 Å². The van der Waals surface area contributed by atoms with E-state index < -0.39 is 0 Å². The van der Waals surface area contributed by atoms with Crippen molar-refractivity contribution < 1.29 is 0 Å². The van der Waals surface area contributed by atoms with Crippen LogP contribution >= 0.6 is 0 Å². The van der Waals surface area contributed by atoms with E-state index in [1.165, 1.54) is 0 Å². The van der Waals surface area contributed by atoms with E-state index in [-0.39, 0.29) is 0 Å². The molecule has 0 bridgehead atoms. The van der Waals surface area contributed by atoms with Gasteiger partial charge in [0, 0.05) is 12.6 Å². The summed E-state index contributed by atoms with van der Waals surface area (Å²) < 4.78 is 0. The molecular formula is C8H16N2. The summed E-state index contributed by atoms with van der Waals surface area (Å²) in [7, 11) is 0. The summed E-state index contributed by atoms with van der Waals surface area (Å²) in [6, 6.07) is 0.404. The van der Waals surface area contributed by atoms with Crippen LogP contribution in [-0.4, -0.2) is 30.6 Å². The van der Waals surface area contributed by atoms with Gasteiger partial charge in [0.05, 0.1) is 6.54 Å². The standard InChI is InChI=1S/C8H16N2/c1-4-6-10(5-2)8(3)7-9/h1,8H,5-7,9H2,2-3H3. The second-order valence-corrected chi connectivity index (χ2v) is 2.35. The first-order valence-electron chi connectivity index (χ1n) is 3.63. The Morgan fingerprint density at radius 3 is 2.60 bits per heavy atom. The smallest absolute Gasteiger partial charge is 0.0601 e. The number of rotatable bonds is 4. The minimum atomic E-state index is 0.404. The molecule has 0 amide bonds. The molecule has 58 valence electrons. The second kappa shape index (κ2) is 5.28. The number of nitrogens with zero attached hydrogens (tertiary/aromatic N) is 1. The largest absolute Gasteiger partial charge is 0.329 e. The van der Waals surface area contributed by atoms with Crippen LogP contribution in [0.5, 0.6) is 0 Å². The highest BCUT2D eigenvalue weighted by Gasteiger charge is 2.06. The third-order valence-corrected chi connectivity index (χ3v) is 1.67. The van der Waals surface area contributed by atoms with Gasteiger partial charge in [0.15, 0.2) is 0 Å². The average Bonchev–Trinajstić information content (AvgIpc) is 1.99. The molecule has 0 saturated heterocycles. The van der Waals surface area contributed by atoms with E-state index in [9.17, 15) is 0 Å². The fraction of sp³-hybridized carbons (Fsp3) is 0.750. The molecule has 1 unspecified atom stereocenters. The van der Waals surface area contributed by atoms with Crippen LogP contribution in [0.25, 0.3) is 0 Å². The number of hydrogen-bond donors (Lipinski definition) is 1. The fourth-order valence-electron chi connectivity index (χ4n) is 0.846. The Bertz CT molecular complexity index is 115. The van der Waals surface area contributed by atoms with E-state index in [1.54, 1.807) is 0 Å². The zero-order valence-electron chi connectivity index (χ0n) is 6.80. The highest BCUT2D eigenvalue weighted by Crippen LogP contribution is 1.94. The van der Waals surface area contributed by atoms with Crippen molar-refractivity contribution in [2.24, 2.45) is 5.73 Å². The minimum Gasteiger partial charge on any atom is -0.329 e. The zero-order valence-corrected chi connectivity index (χ0v) is 6.80. The van der Waals surface area contributed by atoms with Gasteiger partial charge in [-0.05, 0) is 13.5 Å². The van der Waals surface area contributed by atoms with E-state index in [0.29, 0.717) is 19.1 Å². The third kappa shape index (κ3) is 2.86. The van der Waals surface area contributed by atoms with Crippen molar-refractivity contribution >= 4 is 0 Å². The molecule has 0 saturated carbocycles. The number of hydrogen-bond acceptors (Lipinski definition) is 2. The lowest BCUT2D eigenvalue weighted by atomic mass is 10.3. The number of likely N-dealkylation sites (N-methyl/N-ethyl adjacent to an activating group) is 1. The van der Waals surface area contributed by atoms with Crippen LogP contribution in [0, 0.1) is 12.3 Å². The first kappa shape index (κ1) is 9.48. The van der Waals surface area contributed by atoms with Gasteiger partial charge in [0.2, 0.25) is 0 Å². The predicted molar refractivity (Wildman–Crippen MR) is 44.6 cm³/mol.